The maximum absolute atomic E-state index is 12.5. The number of alkyl halides is 3. The summed E-state index contributed by atoms with van der Waals surface area (Å²) < 4.78 is 38.2. The lowest BCUT2D eigenvalue weighted by atomic mass is 9.81. The van der Waals surface area contributed by atoms with Gasteiger partial charge in [0.1, 0.15) is 0 Å². The first-order chi connectivity index (χ1) is 7.24. The van der Waals surface area contributed by atoms with Crippen LogP contribution in [0.3, 0.4) is 0 Å². The lowest BCUT2D eigenvalue weighted by molar-refractivity contribution is -0.270. The summed E-state index contributed by atoms with van der Waals surface area (Å²) in [5, 5.41) is 12.5. The Morgan fingerprint density at radius 1 is 1.44 bits per heavy atom. The summed E-state index contributed by atoms with van der Waals surface area (Å²) in [4.78, 5) is 0. The second-order valence-corrected chi connectivity index (χ2v) is 5.32. The van der Waals surface area contributed by atoms with E-state index in [0.717, 1.165) is 4.48 Å². The molecule has 0 unspecified atom stereocenters. The van der Waals surface area contributed by atoms with Crippen LogP contribution in [-0.4, -0.2) is 29.5 Å². The SMILES string of the molecule is C=C(Br)CNC1CCC(O)(C(F)(F)F)CC1. The molecule has 1 aliphatic carbocycles. The Hall–Kier alpha value is -0.0700. The van der Waals surface area contributed by atoms with Gasteiger partial charge in [0, 0.05) is 17.1 Å². The van der Waals surface area contributed by atoms with E-state index in [9.17, 15) is 18.3 Å². The lowest BCUT2D eigenvalue weighted by Gasteiger charge is -2.37. The molecule has 0 amide bonds. The Kier molecular flexibility index (Phi) is 4.42. The highest BCUT2D eigenvalue weighted by Gasteiger charge is 2.54. The van der Waals surface area contributed by atoms with E-state index in [1.807, 2.05) is 0 Å². The maximum Gasteiger partial charge on any atom is 0.417 e. The molecule has 2 nitrogen and oxygen atoms in total. The van der Waals surface area contributed by atoms with Crippen LogP contribution in [-0.2, 0) is 0 Å². The number of hydrogen-bond donors (Lipinski definition) is 2. The molecule has 0 heterocycles. The number of nitrogens with one attached hydrogen (secondary N) is 1. The van der Waals surface area contributed by atoms with Crippen LogP contribution in [0.4, 0.5) is 13.2 Å². The van der Waals surface area contributed by atoms with E-state index >= 15 is 0 Å². The second-order valence-electron chi connectivity index (χ2n) is 4.20. The minimum Gasteiger partial charge on any atom is -0.380 e. The summed E-state index contributed by atoms with van der Waals surface area (Å²) in [7, 11) is 0. The molecule has 0 aliphatic heterocycles. The van der Waals surface area contributed by atoms with Gasteiger partial charge in [0.05, 0.1) is 0 Å². The molecule has 1 rings (SSSR count). The predicted octanol–water partition coefficient (Wildman–Crippen LogP) is 2.72. The van der Waals surface area contributed by atoms with Gasteiger partial charge >= 0.3 is 6.18 Å². The highest BCUT2D eigenvalue weighted by molar-refractivity contribution is 9.11. The summed E-state index contributed by atoms with van der Waals surface area (Å²) in [6.07, 6.45) is -4.32. The van der Waals surface area contributed by atoms with Crippen molar-refractivity contribution in [3.63, 3.8) is 0 Å². The van der Waals surface area contributed by atoms with Crippen molar-refractivity contribution in [2.45, 2.75) is 43.5 Å². The van der Waals surface area contributed by atoms with Crippen molar-refractivity contribution in [2.24, 2.45) is 0 Å². The van der Waals surface area contributed by atoms with Gasteiger partial charge in [0.15, 0.2) is 5.60 Å². The van der Waals surface area contributed by atoms with Crippen LogP contribution in [0, 0.1) is 0 Å². The molecule has 94 valence electrons. The molecule has 0 bridgehead atoms. The molecule has 16 heavy (non-hydrogen) atoms. The van der Waals surface area contributed by atoms with Crippen LogP contribution < -0.4 is 5.32 Å². The third-order valence-electron chi connectivity index (χ3n) is 2.92. The number of halogens is 4. The van der Waals surface area contributed by atoms with Crippen molar-refractivity contribution in [1.82, 2.24) is 5.32 Å². The molecule has 1 saturated carbocycles. The fourth-order valence-electron chi connectivity index (χ4n) is 1.84. The highest BCUT2D eigenvalue weighted by atomic mass is 79.9. The Morgan fingerprint density at radius 2 is 1.94 bits per heavy atom. The molecule has 1 aliphatic rings. The summed E-state index contributed by atoms with van der Waals surface area (Å²) >= 11 is 3.17. The lowest BCUT2D eigenvalue weighted by Crippen LogP contribution is -2.50. The van der Waals surface area contributed by atoms with Crippen LogP contribution >= 0.6 is 15.9 Å². The normalized spacial score (nSPS) is 31.4. The molecule has 0 atom stereocenters. The third-order valence-corrected chi connectivity index (χ3v) is 3.20. The van der Waals surface area contributed by atoms with Gasteiger partial charge in [0.2, 0.25) is 0 Å². The van der Waals surface area contributed by atoms with E-state index < -0.39 is 11.8 Å². The van der Waals surface area contributed by atoms with E-state index in [1.54, 1.807) is 0 Å². The summed E-state index contributed by atoms with van der Waals surface area (Å²) in [5.41, 5.74) is -2.49. The van der Waals surface area contributed by atoms with Gasteiger partial charge in [-0.2, -0.15) is 13.2 Å². The molecule has 0 aromatic heterocycles. The van der Waals surface area contributed by atoms with E-state index in [0.29, 0.717) is 19.4 Å². The van der Waals surface area contributed by atoms with E-state index in [2.05, 4.69) is 27.8 Å². The van der Waals surface area contributed by atoms with E-state index in [-0.39, 0.29) is 18.9 Å². The third kappa shape index (κ3) is 3.46. The van der Waals surface area contributed by atoms with Crippen LogP contribution in [0.25, 0.3) is 0 Å². The van der Waals surface area contributed by atoms with Crippen LogP contribution in [0.5, 0.6) is 0 Å². The maximum atomic E-state index is 12.5. The molecule has 0 spiro atoms. The Bertz CT molecular complexity index is 259. The fourth-order valence-corrected chi connectivity index (χ4v) is 2.00. The van der Waals surface area contributed by atoms with Gasteiger partial charge in [-0.3, -0.25) is 0 Å². The number of rotatable bonds is 3. The predicted molar refractivity (Wildman–Crippen MR) is 59.3 cm³/mol. The zero-order chi connectivity index (χ0) is 12.4. The minimum absolute atomic E-state index is 0.0249. The number of hydrogen-bond acceptors (Lipinski definition) is 2. The summed E-state index contributed by atoms with van der Waals surface area (Å²) in [5.74, 6) is 0. The van der Waals surface area contributed by atoms with Gasteiger partial charge in [-0.05, 0) is 25.7 Å². The first-order valence-electron chi connectivity index (χ1n) is 5.10. The average Bonchev–Trinajstić information content (AvgIpc) is 2.15. The first-order valence-corrected chi connectivity index (χ1v) is 5.90. The van der Waals surface area contributed by atoms with Crippen molar-refractivity contribution in [3.05, 3.63) is 11.1 Å². The van der Waals surface area contributed by atoms with Crippen molar-refractivity contribution in [3.8, 4) is 0 Å². The quantitative estimate of drug-likeness (QED) is 0.840. The van der Waals surface area contributed by atoms with Crippen LogP contribution in [0.1, 0.15) is 25.7 Å². The van der Waals surface area contributed by atoms with Crippen molar-refractivity contribution >= 4 is 15.9 Å². The molecule has 6 heteroatoms. The van der Waals surface area contributed by atoms with E-state index in [1.165, 1.54) is 0 Å². The van der Waals surface area contributed by atoms with Crippen LogP contribution in [0.2, 0.25) is 0 Å². The monoisotopic (exact) mass is 301 g/mol. The van der Waals surface area contributed by atoms with Crippen molar-refractivity contribution < 1.29 is 18.3 Å². The van der Waals surface area contributed by atoms with E-state index in [4.69, 9.17) is 0 Å². The molecule has 0 saturated heterocycles. The van der Waals surface area contributed by atoms with Gasteiger partial charge in [-0.15, -0.1) is 0 Å². The average molecular weight is 302 g/mol. The topological polar surface area (TPSA) is 32.3 Å². The molecule has 1 fully saturated rings. The zero-order valence-corrected chi connectivity index (χ0v) is 10.4. The second kappa shape index (κ2) is 5.06. The van der Waals surface area contributed by atoms with Gasteiger partial charge < -0.3 is 10.4 Å². The first kappa shape index (κ1) is 14.0. The van der Waals surface area contributed by atoms with Gasteiger partial charge in [-0.25, -0.2) is 0 Å². The molecule has 0 radical (unpaired) electrons. The fraction of sp³-hybridized carbons (Fsp3) is 0.800. The Morgan fingerprint density at radius 3 is 2.31 bits per heavy atom. The summed E-state index contributed by atoms with van der Waals surface area (Å²) in [6.45, 7) is 4.17. The van der Waals surface area contributed by atoms with Gasteiger partial charge in [0.25, 0.3) is 0 Å². The Balaban J connectivity index is 2.42. The van der Waals surface area contributed by atoms with Crippen molar-refractivity contribution in [1.29, 1.82) is 0 Å². The molecular formula is C10H15BrF3NO. The summed E-state index contributed by atoms with van der Waals surface area (Å²) in [6, 6.07) is 0.0249. The molecule has 0 aromatic rings. The standard InChI is InChI=1S/C10H15BrF3NO/c1-7(11)6-15-8-2-4-9(16,5-3-8)10(12,13)14/h8,15-16H,1-6H2. The Labute approximate surface area is 101 Å². The molecule has 0 aromatic carbocycles. The molecule has 2 N–H and O–H groups in total. The highest BCUT2D eigenvalue weighted by Crippen LogP contribution is 2.41. The molecular weight excluding hydrogens is 287 g/mol. The largest absolute Gasteiger partial charge is 0.417 e. The van der Waals surface area contributed by atoms with Gasteiger partial charge in [-0.1, -0.05) is 22.5 Å². The minimum atomic E-state index is -4.52. The zero-order valence-electron chi connectivity index (χ0n) is 8.78. The van der Waals surface area contributed by atoms with Crippen LogP contribution in [0.15, 0.2) is 11.1 Å². The number of aliphatic hydroxyl groups is 1. The van der Waals surface area contributed by atoms with Crippen molar-refractivity contribution in [2.75, 3.05) is 6.54 Å². The smallest absolute Gasteiger partial charge is 0.380 e.